The average Bonchev–Trinajstić information content (AvgIpc) is 2.18. The molecular formula is C10H11ClO2S. The predicted octanol–water partition coefficient (Wildman–Crippen LogP) is 2.89. The fraction of sp³-hybridized carbons (Fsp3) is 0.300. The first kappa shape index (κ1) is 11.4. The molecule has 0 aliphatic heterocycles. The summed E-state index contributed by atoms with van der Waals surface area (Å²) < 4.78 is 4.99. The van der Waals surface area contributed by atoms with E-state index in [1.54, 1.807) is 25.3 Å². The molecule has 1 aromatic rings. The van der Waals surface area contributed by atoms with Gasteiger partial charge in [-0.3, -0.25) is 4.79 Å². The van der Waals surface area contributed by atoms with Crippen molar-refractivity contribution in [2.75, 3.05) is 19.1 Å². The van der Waals surface area contributed by atoms with Gasteiger partial charge in [0.2, 0.25) is 0 Å². The minimum absolute atomic E-state index is 0.0852. The minimum atomic E-state index is 0.0852. The number of hydrogen-bond donors (Lipinski definition) is 0. The van der Waals surface area contributed by atoms with E-state index < -0.39 is 0 Å². The second kappa shape index (κ2) is 5.27. The highest BCUT2D eigenvalue weighted by Gasteiger charge is 2.07. The van der Waals surface area contributed by atoms with E-state index in [9.17, 15) is 4.79 Å². The summed E-state index contributed by atoms with van der Waals surface area (Å²) in [6, 6.07) is 5.07. The smallest absolute Gasteiger partial charge is 0.172 e. The fourth-order valence-corrected chi connectivity index (χ4v) is 1.74. The van der Waals surface area contributed by atoms with E-state index in [1.807, 2.05) is 6.26 Å². The molecule has 0 saturated heterocycles. The van der Waals surface area contributed by atoms with Crippen LogP contribution < -0.4 is 4.74 Å². The van der Waals surface area contributed by atoms with Crippen molar-refractivity contribution in [1.82, 2.24) is 0 Å². The molecule has 1 aromatic carbocycles. The number of carbonyl (C=O) groups is 1. The first-order valence-electron chi connectivity index (χ1n) is 4.04. The Morgan fingerprint density at radius 2 is 2.29 bits per heavy atom. The molecule has 0 saturated carbocycles. The van der Waals surface area contributed by atoms with E-state index in [-0.39, 0.29) is 5.78 Å². The number of methoxy groups -OCH3 is 1. The van der Waals surface area contributed by atoms with Crippen LogP contribution in [0.5, 0.6) is 5.75 Å². The number of ether oxygens (including phenoxy) is 1. The molecule has 0 radical (unpaired) electrons. The van der Waals surface area contributed by atoms with Crippen LogP contribution >= 0.6 is 23.4 Å². The Kier molecular flexibility index (Phi) is 4.29. The van der Waals surface area contributed by atoms with Crippen LogP contribution in [0.1, 0.15) is 10.4 Å². The van der Waals surface area contributed by atoms with E-state index in [1.165, 1.54) is 11.8 Å². The molecule has 76 valence electrons. The molecule has 2 nitrogen and oxygen atoms in total. The third kappa shape index (κ3) is 2.66. The Balaban J connectivity index is 2.91. The van der Waals surface area contributed by atoms with Gasteiger partial charge in [0.15, 0.2) is 5.78 Å². The van der Waals surface area contributed by atoms with Gasteiger partial charge in [0.05, 0.1) is 17.9 Å². The van der Waals surface area contributed by atoms with Crippen LogP contribution in [0.2, 0.25) is 5.02 Å². The molecule has 1 rings (SSSR count). The Hall–Kier alpha value is -0.670. The molecule has 0 aromatic heterocycles. The van der Waals surface area contributed by atoms with Crippen LogP contribution in [0.25, 0.3) is 0 Å². The summed E-state index contributed by atoms with van der Waals surface area (Å²) in [5, 5.41) is 0.472. The molecule has 0 heterocycles. The van der Waals surface area contributed by atoms with Crippen molar-refractivity contribution in [1.29, 1.82) is 0 Å². The zero-order chi connectivity index (χ0) is 10.6. The second-order valence-corrected chi connectivity index (χ2v) is 3.98. The molecule has 0 amide bonds. The van der Waals surface area contributed by atoms with Crippen LogP contribution in [0, 0.1) is 0 Å². The summed E-state index contributed by atoms with van der Waals surface area (Å²) in [4.78, 5) is 11.5. The summed E-state index contributed by atoms with van der Waals surface area (Å²) in [6.07, 6.45) is 1.89. The number of carbonyl (C=O) groups excluding carboxylic acids is 1. The maximum Gasteiger partial charge on any atom is 0.172 e. The lowest BCUT2D eigenvalue weighted by atomic mass is 10.1. The van der Waals surface area contributed by atoms with Gasteiger partial charge in [-0.15, -0.1) is 0 Å². The molecule has 0 unspecified atom stereocenters. The minimum Gasteiger partial charge on any atom is -0.495 e. The zero-order valence-corrected chi connectivity index (χ0v) is 9.61. The lowest BCUT2D eigenvalue weighted by Gasteiger charge is -2.04. The average molecular weight is 231 g/mol. The fourth-order valence-electron chi connectivity index (χ4n) is 1.05. The van der Waals surface area contributed by atoms with Gasteiger partial charge in [0.1, 0.15) is 5.75 Å². The topological polar surface area (TPSA) is 26.3 Å². The molecule has 0 aliphatic rings. The maximum absolute atomic E-state index is 11.5. The highest BCUT2D eigenvalue weighted by molar-refractivity contribution is 7.99. The summed E-state index contributed by atoms with van der Waals surface area (Å²) in [5.41, 5.74) is 0.630. The lowest BCUT2D eigenvalue weighted by Crippen LogP contribution is -2.01. The third-order valence-electron chi connectivity index (χ3n) is 1.75. The number of rotatable bonds is 4. The van der Waals surface area contributed by atoms with E-state index >= 15 is 0 Å². The molecule has 0 N–H and O–H groups in total. The van der Waals surface area contributed by atoms with Gasteiger partial charge in [0, 0.05) is 5.56 Å². The molecule has 0 aliphatic carbocycles. The van der Waals surface area contributed by atoms with Gasteiger partial charge in [-0.2, -0.15) is 11.8 Å². The number of hydrogen-bond acceptors (Lipinski definition) is 3. The number of benzene rings is 1. The van der Waals surface area contributed by atoms with Gasteiger partial charge in [-0.25, -0.2) is 0 Å². The molecule has 0 bridgehead atoms. The zero-order valence-electron chi connectivity index (χ0n) is 8.04. The first-order chi connectivity index (χ1) is 6.69. The van der Waals surface area contributed by atoms with Gasteiger partial charge in [-0.1, -0.05) is 11.6 Å². The van der Waals surface area contributed by atoms with Crippen LogP contribution in [-0.2, 0) is 0 Å². The number of Topliss-reactive ketones (excluding diaryl/α,β-unsaturated/α-hetero) is 1. The third-order valence-corrected chi connectivity index (χ3v) is 2.60. The highest BCUT2D eigenvalue weighted by Crippen LogP contribution is 2.25. The molecule has 14 heavy (non-hydrogen) atoms. The summed E-state index contributed by atoms with van der Waals surface area (Å²) in [5.74, 6) is 1.15. The normalized spacial score (nSPS) is 9.93. The lowest BCUT2D eigenvalue weighted by molar-refractivity contribution is 0.102. The van der Waals surface area contributed by atoms with Crippen molar-refractivity contribution in [2.24, 2.45) is 0 Å². The summed E-state index contributed by atoms with van der Waals surface area (Å²) >= 11 is 7.39. The number of ketones is 1. The van der Waals surface area contributed by atoms with Crippen molar-refractivity contribution in [3.63, 3.8) is 0 Å². The van der Waals surface area contributed by atoms with Crippen LogP contribution in [0.3, 0.4) is 0 Å². The molecule has 4 heteroatoms. The van der Waals surface area contributed by atoms with E-state index in [4.69, 9.17) is 16.3 Å². The Morgan fingerprint density at radius 3 is 2.79 bits per heavy atom. The summed E-state index contributed by atoms with van der Waals surface area (Å²) in [7, 11) is 1.55. The molecular weight excluding hydrogens is 220 g/mol. The van der Waals surface area contributed by atoms with Gasteiger partial charge in [-0.05, 0) is 24.5 Å². The van der Waals surface area contributed by atoms with Crippen molar-refractivity contribution < 1.29 is 9.53 Å². The predicted molar refractivity (Wildman–Crippen MR) is 60.7 cm³/mol. The number of halogens is 1. The first-order valence-corrected chi connectivity index (χ1v) is 5.82. The van der Waals surface area contributed by atoms with Crippen LogP contribution in [-0.4, -0.2) is 24.9 Å². The van der Waals surface area contributed by atoms with Crippen LogP contribution in [0.4, 0.5) is 0 Å². The maximum atomic E-state index is 11.5. The highest BCUT2D eigenvalue weighted by atomic mass is 35.5. The quantitative estimate of drug-likeness (QED) is 0.744. The Labute approximate surface area is 92.6 Å². The SMILES string of the molecule is COc1ccc(C(=O)CSC)cc1Cl. The monoisotopic (exact) mass is 230 g/mol. The molecule has 0 atom stereocenters. The summed E-state index contributed by atoms with van der Waals surface area (Å²) in [6.45, 7) is 0. The second-order valence-electron chi connectivity index (χ2n) is 2.71. The van der Waals surface area contributed by atoms with Gasteiger partial charge in [0.25, 0.3) is 0 Å². The number of thioether (sulfide) groups is 1. The van der Waals surface area contributed by atoms with Crippen molar-refractivity contribution in [3.05, 3.63) is 28.8 Å². The van der Waals surface area contributed by atoms with E-state index in [0.29, 0.717) is 22.1 Å². The molecule has 0 spiro atoms. The van der Waals surface area contributed by atoms with Crippen molar-refractivity contribution in [3.8, 4) is 5.75 Å². The van der Waals surface area contributed by atoms with Gasteiger partial charge >= 0.3 is 0 Å². The van der Waals surface area contributed by atoms with Crippen molar-refractivity contribution in [2.45, 2.75) is 0 Å². The largest absolute Gasteiger partial charge is 0.495 e. The van der Waals surface area contributed by atoms with E-state index in [0.717, 1.165) is 0 Å². The van der Waals surface area contributed by atoms with Crippen LogP contribution in [0.15, 0.2) is 18.2 Å². The van der Waals surface area contributed by atoms with Crippen molar-refractivity contribution >= 4 is 29.1 Å². The Morgan fingerprint density at radius 1 is 1.57 bits per heavy atom. The Bertz CT molecular complexity index is 339. The molecule has 0 fully saturated rings. The van der Waals surface area contributed by atoms with E-state index in [2.05, 4.69) is 0 Å². The van der Waals surface area contributed by atoms with Gasteiger partial charge < -0.3 is 4.74 Å². The standard InChI is InChI=1S/C10H11ClO2S/c1-13-10-4-3-7(5-8(10)11)9(12)6-14-2/h3-5H,6H2,1-2H3.